The fraction of sp³-hybridized carbons (Fsp3) is 0.333. The Morgan fingerprint density at radius 2 is 1.96 bits per heavy atom. The van der Waals surface area contributed by atoms with E-state index < -0.39 is 6.04 Å². The first-order chi connectivity index (χ1) is 11.7. The Morgan fingerprint density at radius 3 is 2.62 bits per heavy atom. The van der Waals surface area contributed by atoms with Gasteiger partial charge < -0.3 is 20.7 Å². The number of nitrogens with zero attached hydrogens (tertiary/aromatic N) is 2. The molecule has 0 saturated carbocycles. The minimum absolute atomic E-state index is 0.209. The van der Waals surface area contributed by atoms with Crippen molar-refractivity contribution in [1.29, 1.82) is 0 Å². The van der Waals surface area contributed by atoms with Crippen LogP contribution >= 0.6 is 0 Å². The summed E-state index contributed by atoms with van der Waals surface area (Å²) in [4.78, 5) is 18.8. The molecule has 1 atom stereocenters. The Hall–Kier alpha value is -2.44. The molecule has 126 valence electrons. The van der Waals surface area contributed by atoms with E-state index in [9.17, 15) is 4.79 Å². The average molecular weight is 326 g/mol. The monoisotopic (exact) mass is 326 g/mol. The summed E-state index contributed by atoms with van der Waals surface area (Å²) in [5, 5.41) is 2.82. The number of rotatable bonds is 5. The molecule has 3 N–H and O–H groups in total. The van der Waals surface area contributed by atoms with E-state index in [-0.39, 0.29) is 5.91 Å². The Kier molecular flexibility index (Phi) is 5.40. The van der Waals surface area contributed by atoms with E-state index in [0.717, 1.165) is 24.5 Å². The number of carbonyl (C=O) groups is 1. The zero-order valence-corrected chi connectivity index (χ0v) is 13.5. The van der Waals surface area contributed by atoms with Gasteiger partial charge in [0.05, 0.1) is 31.1 Å². The number of pyridine rings is 1. The van der Waals surface area contributed by atoms with Crippen LogP contribution in [-0.2, 0) is 16.0 Å². The molecule has 1 saturated heterocycles. The molecule has 6 nitrogen and oxygen atoms in total. The number of nitrogens with two attached hydrogens (primary N) is 1. The van der Waals surface area contributed by atoms with Crippen LogP contribution in [0.15, 0.2) is 48.7 Å². The Bertz CT molecular complexity index is 654. The van der Waals surface area contributed by atoms with Gasteiger partial charge in [-0.05, 0) is 24.1 Å². The summed E-state index contributed by atoms with van der Waals surface area (Å²) in [7, 11) is 0. The van der Waals surface area contributed by atoms with Crippen molar-refractivity contribution in [1.82, 2.24) is 4.98 Å². The molecular weight excluding hydrogens is 304 g/mol. The van der Waals surface area contributed by atoms with Gasteiger partial charge in [0.15, 0.2) is 0 Å². The van der Waals surface area contributed by atoms with Crippen LogP contribution in [0.2, 0.25) is 0 Å². The van der Waals surface area contributed by atoms with Gasteiger partial charge in [-0.15, -0.1) is 0 Å². The lowest BCUT2D eigenvalue weighted by Crippen LogP contribution is -2.37. The number of carbonyl (C=O) groups excluding carboxylic acids is 1. The predicted molar refractivity (Wildman–Crippen MR) is 94.0 cm³/mol. The van der Waals surface area contributed by atoms with E-state index in [1.807, 2.05) is 42.5 Å². The maximum absolute atomic E-state index is 12.2. The zero-order valence-electron chi connectivity index (χ0n) is 13.5. The van der Waals surface area contributed by atoms with Crippen LogP contribution in [0.5, 0.6) is 0 Å². The van der Waals surface area contributed by atoms with E-state index in [0.29, 0.717) is 25.3 Å². The van der Waals surface area contributed by atoms with Gasteiger partial charge in [-0.2, -0.15) is 0 Å². The highest BCUT2D eigenvalue weighted by Crippen LogP contribution is 2.15. The normalized spacial score (nSPS) is 15.8. The summed E-state index contributed by atoms with van der Waals surface area (Å²) in [6.07, 6.45) is 2.17. The molecule has 0 unspecified atom stereocenters. The van der Waals surface area contributed by atoms with Crippen LogP contribution in [0.25, 0.3) is 0 Å². The molecule has 2 aromatic rings. The third-order valence-electron chi connectivity index (χ3n) is 3.99. The van der Waals surface area contributed by atoms with Gasteiger partial charge in [-0.25, -0.2) is 4.98 Å². The molecule has 2 heterocycles. The molecule has 1 aromatic heterocycles. The molecule has 1 fully saturated rings. The minimum atomic E-state index is -0.591. The number of nitrogens with one attached hydrogen (secondary N) is 1. The van der Waals surface area contributed by atoms with Crippen molar-refractivity contribution >= 4 is 17.4 Å². The molecule has 1 aromatic carbocycles. The molecule has 0 aliphatic carbocycles. The topological polar surface area (TPSA) is 80.5 Å². The lowest BCUT2D eigenvalue weighted by atomic mass is 10.1. The highest BCUT2D eigenvalue weighted by molar-refractivity contribution is 5.94. The summed E-state index contributed by atoms with van der Waals surface area (Å²) >= 11 is 0. The van der Waals surface area contributed by atoms with Gasteiger partial charge in [-0.3, -0.25) is 4.79 Å². The maximum atomic E-state index is 12.2. The number of ether oxygens (including phenoxy) is 1. The van der Waals surface area contributed by atoms with Gasteiger partial charge in [0, 0.05) is 13.1 Å². The number of aromatic nitrogens is 1. The summed E-state index contributed by atoms with van der Waals surface area (Å²) in [6, 6.07) is 12.9. The Balaban J connectivity index is 1.55. The third-order valence-corrected chi connectivity index (χ3v) is 3.99. The van der Waals surface area contributed by atoms with E-state index in [4.69, 9.17) is 10.5 Å². The number of hydrogen-bond donors (Lipinski definition) is 2. The summed E-state index contributed by atoms with van der Waals surface area (Å²) in [5.74, 6) is 0.685. The molecule has 1 amide bonds. The number of hydrogen-bond acceptors (Lipinski definition) is 5. The molecule has 1 aliphatic rings. The Morgan fingerprint density at radius 1 is 1.21 bits per heavy atom. The van der Waals surface area contributed by atoms with Crippen LogP contribution in [0.4, 0.5) is 11.5 Å². The first-order valence-electron chi connectivity index (χ1n) is 8.11. The number of morpholine rings is 1. The maximum Gasteiger partial charge on any atom is 0.241 e. The first-order valence-corrected chi connectivity index (χ1v) is 8.11. The van der Waals surface area contributed by atoms with E-state index in [1.165, 1.54) is 0 Å². The summed E-state index contributed by atoms with van der Waals surface area (Å²) < 4.78 is 5.33. The number of benzene rings is 1. The van der Waals surface area contributed by atoms with Crippen molar-refractivity contribution in [2.45, 2.75) is 12.5 Å². The zero-order chi connectivity index (χ0) is 16.8. The second-order valence-corrected chi connectivity index (χ2v) is 5.79. The third kappa shape index (κ3) is 4.31. The predicted octanol–water partition coefficient (Wildman–Crippen LogP) is 1.43. The van der Waals surface area contributed by atoms with Gasteiger partial charge >= 0.3 is 0 Å². The first kappa shape index (κ1) is 16.4. The highest BCUT2D eigenvalue weighted by Gasteiger charge is 2.15. The number of anilines is 2. The van der Waals surface area contributed by atoms with Gasteiger partial charge in [0.25, 0.3) is 0 Å². The van der Waals surface area contributed by atoms with Crippen LogP contribution in [0.3, 0.4) is 0 Å². The molecule has 0 bridgehead atoms. The molecule has 3 rings (SSSR count). The van der Waals surface area contributed by atoms with Crippen molar-refractivity contribution in [3.63, 3.8) is 0 Å². The van der Waals surface area contributed by atoms with E-state index >= 15 is 0 Å². The second-order valence-electron chi connectivity index (χ2n) is 5.79. The summed E-state index contributed by atoms with van der Waals surface area (Å²) in [6.45, 7) is 3.10. The Labute approximate surface area is 141 Å². The van der Waals surface area contributed by atoms with Crippen molar-refractivity contribution in [3.8, 4) is 0 Å². The van der Waals surface area contributed by atoms with Crippen LogP contribution in [0.1, 0.15) is 5.56 Å². The van der Waals surface area contributed by atoms with Crippen molar-refractivity contribution in [3.05, 3.63) is 54.2 Å². The largest absolute Gasteiger partial charge is 0.378 e. The highest BCUT2D eigenvalue weighted by atomic mass is 16.5. The lowest BCUT2D eigenvalue weighted by Gasteiger charge is -2.27. The molecule has 24 heavy (non-hydrogen) atoms. The smallest absolute Gasteiger partial charge is 0.241 e. The average Bonchev–Trinajstić information content (AvgIpc) is 2.64. The number of amides is 1. The fourth-order valence-electron chi connectivity index (χ4n) is 2.64. The lowest BCUT2D eigenvalue weighted by molar-refractivity contribution is -0.117. The molecule has 0 spiro atoms. The van der Waals surface area contributed by atoms with E-state index in [1.54, 1.807) is 6.20 Å². The molecule has 6 heteroatoms. The van der Waals surface area contributed by atoms with Crippen molar-refractivity contribution < 1.29 is 9.53 Å². The molecular formula is C18H22N4O2. The van der Waals surface area contributed by atoms with Crippen LogP contribution in [-0.4, -0.2) is 43.2 Å². The standard InChI is InChI=1S/C18H22N4O2/c19-16(12-14-4-2-1-3-5-14)18(23)21-15-6-7-17(20-13-15)22-8-10-24-11-9-22/h1-7,13,16H,8-12,19H2,(H,21,23)/t16-/m0/s1. The van der Waals surface area contributed by atoms with Crippen LogP contribution < -0.4 is 16.0 Å². The molecule has 0 radical (unpaired) electrons. The SMILES string of the molecule is N[C@@H](Cc1ccccc1)C(=O)Nc1ccc(N2CCOCC2)nc1. The van der Waals surface area contributed by atoms with Gasteiger partial charge in [0.1, 0.15) is 5.82 Å². The van der Waals surface area contributed by atoms with Crippen LogP contribution in [0, 0.1) is 0 Å². The molecule has 1 aliphatic heterocycles. The fourth-order valence-corrected chi connectivity index (χ4v) is 2.64. The second kappa shape index (κ2) is 7.90. The van der Waals surface area contributed by atoms with Crippen molar-refractivity contribution in [2.75, 3.05) is 36.5 Å². The van der Waals surface area contributed by atoms with Crippen molar-refractivity contribution in [2.24, 2.45) is 5.73 Å². The van der Waals surface area contributed by atoms with Gasteiger partial charge in [-0.1, -0.05) is 30.3 Å². The summed E-state index contributed by atoms with van der Waals surface area (Å²) in [5.41, 5.74) is 7.69. The minimum Gasteiger partial charge on any atom is -0.378 e. The van der Waals surface area contributed by atoms with E-state index in [2.05, 4.69) is 15.2 Å². The van der Waals surface area contributed by atoms with Gasteiger partial charge in [0.2, 0.25) is 5.91 Å². The quantitative estimate of drug-likeness (QED) is 0.869.